The van der Waals surface area contributed by atoms with Gasteiger partial charge in [0, 0.05) is 11.6 Å². The van der Waals surface area contributed by atoms with Gasteiger partial charge in [-0.2, -0.15) is 0 Å². The van der Waals surface area contributed by atoms with E-state index >= 15 is 0 Å². The van der Waals surface area contributed by atoms with E-state index in [1.807, 2.05) is 0 Å². The molecule has 0 amide bonds. The Morgan fingerprint density at radius 3 is 2.82 bits per heavy atom. The zero-order chi connectivity index (χ0) is 7.56. The van der Waals surface area contributed by atoms with Crippen molar-refractivity contribution in [1.29, 1.82) is 0 Å². The van der Waals surface area contributed by atoms with E-state index in [2.05, 4.69) is 0 Å². The number of carbonyl (C=O) groups is 1. The van der Waals surface area contributed by atoms with E-state index in [1.54, 1.807) is 11.6 Å². The van der Waals surface area contributed by atoms with Crippen molar-refractivity contribution in [2.45, 2.75) is 6.54 Å². The number of hydrogen-bond acceptors (Lipinski definition) is 4. The van der Waals surface area contributed by atoms with Crippen molar-refractivity contribution in [2.24, 2.45) is 0 Å². The van der Waals surface area contributed by atoms with Gasteiger partial charge in [0.1, 0.15) is 0 Å². The first-order valence-electron chi connectivity index (χ1n) is 2.54. The van der Waals surface area contributed by atoms with Gasteiger partial charge in [-0.1, -0.05) is 0 Å². The van der Waals surface area contributed by atoms with E-state index in [1.165, 1.54) is 15.9 Å². The molecule has 0 bridgehead atoms. The summed E-state index contributed by atoms with van der Waals surface area (Å²) >= 11 is 6.13. The molecule has 0 aliphatic heterocycles. The van der Waals surface area contributed by atoms with E-state index in [-0.39, 0.29) is 28.9 Å². The molecule has 64 valence electrons. The van der Waals surface area contributed by atoms with Gasteiger partial charge in [0.05, 0.1) is 12.5 Å². The van der Waals surface area contributed by atoms with Crippen LogP contribution in [0, 0.1) is 3.95 Å². The zero-order valence-corrected chi connectivity index (χ0v) is 8.36. The van der Waals surface area contributed by atoms with Gasteiger partial charge in [-0.25, -0.2) is 0 Å². The fourth-order valence-corrected chi connectivity index (χ4v) is 1.42. The molecular formula is C5H4AgNO2S2. The number of nitrogens with zero attached hydrogens (tertiary/aromatic N) is 1. The summed E-state index contributed by atoms with van der Waals surface area (Å²) in [7, 11) is 0. The van der Waals surface area contributed by atoms with E-state index in [9.17, 15) is 9.90 Å². The summed E-state index contributed by atoms with van der Waals surface area (Å²) in [5.74, 6) is -1.12. The normalized spacial score (nSPS) is 8.73. The summed E-state index contributed by atoms with van der Waals surface area (Å²) in [6.07, 6.45) is 1.63. The van der Waals surface area contributed by atoms with Crippen molar-refractivity contribution >= 4 is 29.5 Å². The number of rotatable bonds is 2. The second-order valence-corrected chi connectivity index (χ2v) is 3.21. The maximum absolute atomic E-state index is 10.0. The molecule has 0 saturated heterocycles. The standard InChI is InChI=1S/C5H5NO2S2.Ag/c7-4(8)3-6-1-2-10-5(6)9;/h1-2H,3H2,(H,7,8);/q;+1/p-1. The molecule has 0 fully saturated rings. The average Bonchev–Trinajstić information content (AvgIpc) is 2.15. The quantitative estimate of drug-likeness (QED) is 0.568. The minimum absolute atomic E-state index is 0. The van der Waals surface area contributed by atoms with E-state index in [0.717, 1.165) is 0 Å². The molecule has 1 heterocycles. The summed E-state index contributed by atoms with van der Waals surface area (Å²) in [5.41, 5.74) is 0. The van der Waals surface area contributed by atoms with Crippen LogP contribution >= 0.6 is 23.6 Å². The van der Waals surface area contributed by atoms with Gasteiger partial charge in [-0.15, -0.1) is 11.3 Å². The van der Waals surface area contributed by atoms with Gasteiger partial charge >= 0.3 is 22.4 Å². The second kappa shape index (κ2) is 4.84. The third-order valence-corrected chi connectivity index (χ3v) is 2.16. The van der Waals surface area contributed by atoms with Crippen LogP contribution in [0.1, 0.15) is 0 Å². The minimum atomic E-state index is -1.12. The number of carboxylic acid groups (broad SMARTS) is 1. The van der Waals surface area contributed by atoms with Crippen LogP contribution in [0.2, 0.25) is 0 Å². The van der Waals surface area contributed by atoms with Crippen molar-refractivity contribution in [3.8, 4) is 0 Å². The molecule has 0 atom stereocenters. The van der Waals surface area contributed by atoms with Crippen molar-refractivity contribution < 1.29 is 32.3 Å². The van der Waals surface area contributed by atoms with Gasteiger partial charge in [0.25, 0.3) is 0 Å². The Labute approximate surface area is 88.2 Å². The van der Waals surface area contributed by atoms with Gasteiger partial charge in [0.15, 0.2) is 3.95 Å². The summed E-state index contributed by atoms with van der Waals surface area (Å²) < 4.78 is 2.01. The molecule has 0 spiro atoms. The van der Waals surface area contributed by atoms with Crippen LogP contribution in [-0.2, 0) is 33.7 Å². The number of thiazole rings is 1. The number of aliphatic carboxylic acids is 1. The number of carboxylic acids is 1. The van der Waals surface area contributed by atoms with Crippen LogP contribution in [0.15, 0.2) is 11.6 Å². The third-order valence-electron chi connectivity index (χ3n) is 0.944. The van der Waals surface area contributed by atoms with Gasteiger partial charge in [0.2, 0.25) is 0 Å². The first kappa shape index (κ1) is 11.1. The SMILES string of the molecule is O=C([O-])Cn1ccsc1=S.[Ag+]. The molecule has 0 saturated carbocycles. The summed E-state index contributed by atoms with van der Waals surface area (Å²) in [5, 5.41) is 11.8. The second-order valence-electron chi connectivity index (χ2n) is 1.67. The molecule has 0 aliphatic rings. The van der Waals surface area contributed by atoms with Crippen LogP contribution in [-0.4, -0.2) is 10.5 Å². The largest absolute Gasteiger partial charge is 1.00 e. The molecule has 0 aromatic carbocycles. The maximum Gasteiger partial charge on any atom is 1.00 e. The number of aromatic nitrogens is 1. The maximum atomic E-state index is 10.0. The smallest absolute Gasteiger partial charge is 0.548 e. The van der Waals surface area contributed by atoms with Crippen LogP contribution in [0.3, 0.4) is 0 Å². The number of hydrogen-bond donors (Lipinski definition) is 0. The van der Waals surface area contributed by atoms with Crippen LogP contribution in [0.25, 0.3) is 0 Å². The van der Waals surface area contributed by atoms with Crippen molar-refractivity contribution in [1.82, 2.24) is 4.57 Å². The molecule has 0 radical (unpaired) electrons. The first-order valence-corrected chi connectivity index (χ1v) is 3.83. The van der Waals surface area contributed by atoms with Crippen LogP contribution < -0.4 is 5.11 Å². The predicted octanol–water partition coefficient (Wildman–Crippen LogP) is 0.0265. The molecule has 11 heavy (non-hydrogen) atoms. The zero-order valence-electron chi connectivity index (χ0n) is 5.24. The molecular weight excluding hydrogens is 278 g/mol. The van der Waals surface area contributed by atoms with E-state index < -0.39 is 5.97 Å². The molecule has 1 aromatic rings. The molecule has 0 aliphatic carbocycles. The summed E-state index contributed by atoms with van der Waals surface area (Å²) in [4.78, 5) is 10.0. The fourth-order valence-electron chi connectivity index (χ4n) is 0.547. The molecule has 0 unspecified atom stereocenters. The Bertz CT molecular complexity index is 293. The van der Waals surface area contributed by atoms with E-state index in [4.69, 9.17) is 12.2 Å². The van der Waals surface area contributed by atoms with E-state index in [0.29, 0.717) is 3.95 Å². The average molecular weight is 282 g/mol. The van der Waals surface area contributed by atoms with Crippen LogP contribution in [0.4, 0.5) is 0 Å². The molecule has 1 aromatic heterocycles. The molecule has 3 nitrogen and oxygen atoms in total. The predicted molar refractivity (Wildman–Crippen MR) is 38.2 cm³/mol. The Kier molecular flexibility index (Phi) is 4.87. The Hall–Kier alpha value is 0.0603. The Balaban J connectivity index is 0.000001000. The molecule has 1 rings (SSSR count). The number of carbonyl (C=O) groups excluding carboxylic acids is 1. The molecule has 6 heteroatoms. The third kappa shape index (κ3) is 3.31. The summed E-state index contributed by atoms with van der Waals surface area (Å²) in [6.45, 7) is -0.150. The van der Waals surface area contributed by atoms with Gasteiger partial charge in [-0.05, 0) is 12.2 Å². The van der Waals surface area contributed by atoms with Crippen molar-refractivity contribution in [2.75, 3.05) is 0 Å². The Morgan fingerprint density at radius 1 is 1.82 bits per heavy atom. The monoisotopic (exact) mass is 281 g/mol. The first-order chi connectivity index (χ1) is 4.70. The molecule has 0 N–H and O–H groups in total. The summed E-state index contributed by atoms with van der Waals surface area (Å²) in [6, 6.07) is 0. The topological polar surface area (TPSA) is 45.1 Å². The van der Waals surface area contributed by atoms with Crippen molar-refractivity contribution in [3.05, 3.63) is 15.5 Å². The Morgan fingerprint density at radius 2 is 2.45 bits per heavy atom. The van der Waals surface area contributed by atoms with Crippen LogP contribution in [0.5, 0.6) is 0 Å². The van der Waals surface area contributed by atoms with Gasteiger partial charge in [-0.3, -0.25) is 0 Å². The van der Waals surface area contributed by atoms with Gasteiger partial charge < -0.3 is 14.5 Å². The van der Waals surface area contributed by atoms with Crippen molar-refractivity contribution in [3.63, 3.8) is 0 Å². The minimum Gasteiger partial charge on any atom is -0.548 e. The fraction of sp³-hybridized carbons (Fsp3) is 0.200.